The van der Waals surface area contributed by atoms with E-state index in [0.29, 0.717) is 11.9 Å². The van der Waals surface area contributed by atoms with Crippen LogP contribution in [0.5, 0.6) is 0 Å². The Labute approximate surface area is 88.9 Å². The number of nitrogens with zero attached hydrogens (tertiary/aromatic N) is 1. The van der Waals surface area contributed by atoms with Crippen LogP contribution in [-0.2, 0) is 0 Å². The van der Waals surface area contributed by atoms with Crippen LogP contribution in [-0.4, -0.2) is 11.0 Å². The molecule has 0 bridgehead atoms. The number of hydrogen-bond donors (Lipinski definition) is 1. The molecule has 2 aliphatic rings. The number of hydrogen-bond acceptors (Lipinski definition) is 2. The van der Waals surface area contributed by atoms with Crippen molar-refractivity contribution in [2.45, 2.75) is 31.7 Å². The highest BCUT2D eigenvalue weighted by Crippen LogP contribution is 2.45. The van der Waals surface area contributed by atoms with Crippen molar-refractivity contribution in [1.82, 2.24) is 4.98 Å². The van der Waals surface area contributed by atoms with E-state index in [4.69, 9.17) is 0 Å². The van der Waals surface area contributed by atoms with E-state index < -0.39 is 5.95 Å². The molecule has 3 heteroatoms. The maximum Gasteiger partial charge on any atom is 0.214 e. The summed E-state index contributed by atoms with van der Waals surface area (Å²) < 4.78 is 12.9. The van der Waals surface area contributed by atoms with E-state index in [0.717, 1.165) is 11.8 Å². The van der Waals surface area contributed by atoms with Gasteiger partial charge in [-0.1, -0.05) is 6.07 Å². The molecule has 2 fully saturated rings. The van der Waals surface area contributed by atoms with E-state index in [1.165, 1.54) is 31.7 Å². The number of nitrogens with one attached hydrogen (secondary N) is 1. The summed E-state index contributed by atoms with van der Waals surface area (Å²) >= 11 is 0. The summed E-state index contributed by atoms with van der Waals surface area (Å²) in [7, 11) is 0. The van der Waals surface area contributed by atoms with Crippen LogP contribution >= 0.6 is 0 Å². The molecule has 0 saturated heterocycles. The molecule has 0 aliphatic heterocycles. The molecule has 0 unspecified atom stereocenters. The lowest BCUT2D eigenvalue weighted by Gasteiger charge is -2.17. The highest BCUT2D eigenvalue weighted by molar-refractivity contribution is 5.36. The third kappa shape index (κ3) is 2.11. The van der Waals surface area contributed by atoms with Crippen molar-refractivity contribution < 1.29 is 4.39 Å². The van der Waals surface area contributed by atoms with E-state index in [1.807, 2.05) is 6.07 Å². The Morgan fingerprint density at radius 3 is 2.40 bits per heavy atom. The summed E-state index contributed by atoms with van der Waals surface area (Å²) in [6, 6.07) is 5.48. The summed E-state index contributed by atoms with van der Waals surface area (Å²) in [6.07, 6.45) is 5.29. The molecule has 3 rings (SSSR count). The average molecular weight is 206 g/mol. The first-order valence-electron chi connectivity index (χ1n) is 5.72. The molecule has 1 heterocycles. The Hall–Kier alpha value is -1.12. The van der Waals surface area contributed by atoms with Crippen molar-refractivity contribution in [2.75, 3.05) is 5.32 Å². The number of rotatable bonds is 4. The molecule has 2 nitrogen and oxygen atoms in total. The molecule has 80 valence electrons. The van der Waals surface area contributed by atoms with Gasteiger partial charge in [0.15, 0.2) is 0 Å². The van der Waals surface area contributed by atoms with Gasteiger partial charge in [0, 0.05) is 6.04 Å². The zero-order chi connectivity index (χ0) is 10.3. The van der Waals surface area contributed by atoms with Crippen molar-refractivity contribution >= 4 is 5.82 Å². The second-order valence-corrected chi connectivity index (χ2v) is 4.69. The molecule has 0 spiro atoms. The van der Waals surface area contributed by atoms with Crippen molar-refractivity contribution in [3.05, 3.63) is 24.1 Å². The SMILES string of the molecule is Fc1cccc(NC(C2CC2)C2CC2)n1. The van der Waals surface area contributed by atoms with E-state index in [2.05, 4.69) is 10.3 Å². The minimum atomic E-state index is -0.398. The summed E-state index contributed by atoms with van der Waals surface area (Å²) in [4.78, 5) is 3.86. The second-order valence-electron chi connectivity index (χ2n) is 4.69. The fourth-order valence-electron chi connectivity index (χ4n) is 2.19. The Balaban J connectivity index is 1.71. The average Bonchev–Trinajstić information content (AvgIpc) is 3.07. The van der Waals surface area contributed by atoms with Gasteiger partial charge in [-0.25, -0.2) is 4.98 Å². The first-order chi connectivity index (χ1) is 7.33. The van der Waals surface area contributed by atoms with Gasteiger partial charge in [0.1, 0.15) is 5.82 Å². The summed E-state index contributed by atoms with van der Waals surface area (Å²) in [5.41, 5.74) is 0. The minimum absolute atomic E-state index is 0.398. The van der Waals surface area contributed by atoms with Gasteiger partial charge in [0.05, 0.1) is 0 Å². The fraction of sp³-hybridized carbons (Fsp3) is 0.583. The van der Waals surface area contributed by atoms with Crippen LogP contribution in [0.15, 0.2) is 18.2 Å². The van der Waals surface area contributed by atoms with Crippen LogP contribution in [0.1, 0.15) is 25.7 Å². The zero-order valence-electron chi connectivity index (χ0n) is 8.62. The fourth-order valence-corrected chi connectivity index (χ4v) is 2.19. The molecular formula is C12H15FN2. The number of halogens is 1. The lowest BCUT2D eigenvalue weighted by molar-refractivity contribution is 0.555. The minimum Gasteiger partial charge on any atom is -0.367 e. The molecule has 0 atom stereocenters. The van der Waals surface area contributed by atoms with Gasteiger partial charge in [-0.15, -0.1) is 0 Å². The van der Waals surface area contributed by atoms with E-state index in [9.17, 15) is 4.39 Å². The van der Waals surface area contributed by atoms with Crippen molar-refractivity contribution in [3.8, 4) is 0 Å². The predicted octanol–water partition coefficient (Wildman–Crippen LogP) is 2.82. The summed E-state index contributed by atoms with van der Waals surface area (Å²) in [5.74, 6) is 1.91. The number of pyridine rings is 1. The van der Waals surface area contributed by atoms with Gasteiger partial charge < -0.3 is 5.32 Å². The van der Waals surface area contributed by atoms with Crippen LogP contribution in [0.3, 0.4) is 0 Å². The van der Waals surface area contributed by atoms with Crippen molar-refractivity contribution in [3.63, 3.8) is 0 Å². The molecular weight excluding hydrogens is 191 g/mol. The van der Waals surface area contributed by atoms with E-state index in [1.54, 1.807) is 6.07 Å². The van der Waals surface area contributed by atoms with Crippen LogP contribution in [0, 0.1) is 17.8 Å². The zero-order valence-corrected chi connectivity index (χ0v) is 8.62. The van der Waals surface area contributed by atoms with Gasteiger partial charge >= 0.3 is 0 Å². The normalized spacial score (nSPS) is 20.7. The lowest BCUT2D eigenvalue weighted by Crippen LogP contribution is -2.24. The van der Waals surface area contributed by atoms with Crippen LogP contribution < -0.4 is 5.32 Å². The van der Waals surface area contributed by atoms with Crippen molar-refractivity contribution in [1.29, 1.82) is 0 Å². The molecule has 2 saturated carbocycles. The van der Waals surface area contributed by atoms with Crippen LogP contribution in [0.4, 0.5) is 10.2 Å². The summed E-state index contributed by atoms with van der Waals surface area (Å²) in [6.45, 7) is 0. The van der Waals surface area contributed by atoms with E-state index in [-0.39, 0.29) is 0 Å². The van der Waals surface area contributed by atoms with Gasteiger partial charge in [0.2, 0.25) is 5.95 Å². The van der Waals surface area contributed by atoms with Crippen molar-refractivity contribution in [2.24, 2.45) is 11.8 Å². The molecule has 0 amide bonds. The highest BCUT2D eigenvalue weighted by Gasteiger charge is 2.41. The molecule has 1 aromatic heterocycles. The molecule has 2 aliphatic carbocycles. The molecule has 1 aromatic rings. The predicted molar refractivity (Wildman–Crippen MR) is 57.1 cm³/mol. The quantitative estimate of drug-likeness (QED) is 0.766. The second kappa shape index (κ2) is 3.47. The molecule has 0 aromatic carbocycles. The van der Waals surface area contributed by atoms with Gasteiger partial charge in [-0.3, -0.25) is 0 Å². The molecule has 0 radical (unpaired) electrons. The molecule has 15 heavy (non-hydrogen) atoms. The monoisotopic (exact) mass is 206 g/mol. The first kappa shape index (κ1) is 9.13. The number of anilines is 1. The topological polar surface area (TPSA) is 24.9 Å². The maximum atomic E-state index is 12.9. The van der Waals surface area contributed by atoms with Crippen LogP contribution in [0.25, 0.3) is 0 Å². The standard InChI is InChI=1S/C12H15FN2/c13-10-2-1-3-11(14-10)15-12(8-4-5-8)9-6-7-9/h1-3,8-9,12H,4-7H2,(H,14,15). The smallest absolute Gasteiger partial charge is 0.214 e. The Morgan fingerprint density at radius 2 is 1.87 bits per heavy atom. The number of aromatic nitrogens is 1. The summed E-state index contributed by atoms with van der Waals surface area (Å²) in [5, 5.41) is 3.39. The van der Waals surface area contributed by atoms with Gasteiger partial charge in [0.25, 0.3) is 0 Å². The third-order valence-electron chi connectivity index (χ3n) is 3.29. The maximum absolute atomic E-state index is 12.9. The van der Waals surface area contributed by atoms with E-state index >= 15 is 0 Å². The third-order valence-corrected chi connectivity index (χ3v) is 3.29. The molecule has 1 N–H and O–H groups in total. The largest absolute Gasteiger partial charge is 0.367 e. The Morgan fingerprint density at radius 1 is 1.20 bits per heavy atom. The lowest BCUT2D eigenvalue weighted by atomic mass is 10.1. The van der Waals surface area contributed by atoms with Gasteiger partial charge in [-0.05, 0) is 49.7 Å². The first-order valence-corrected chi connectivity index (χ1v) is 5.72. The van der Waals surface area contributed by atoms with Gasteiger partial charge in [-0.2, -0.15) is 4.39 Å². The van der Waals surface area contributed by atoms with Crippen LogP contribution in [0.2, 0.25) is 0 Å². The Bertz CT molecular complexity index is 346. The highest BCUT2D eigenvalue weighted by atomic mass is 19.1. The Kier molecular flexibility index (Phi) is 2.11.